The Kier molecular flexibility index (Phi) is 7.34. The number of amides is 2. The molecular formula is C15H32N2O. The van der Waals surface area contributed by atoms with Crippen molar-refractivity contribution < 1.29 is 4.79 Å². The molecule has 2 amide bonds. The van der Waals surface area contributed by atoms with Gasteiger partial charge in [0.05, 0.1) is 0 Å². The summed E-state index contributed by atoms with van der Waals surface area (Å²) in [6.07, 6.45) is 0. The highest BCUT2D eigenvalue weighted by Crippen LogP contribution is 2.13. The fourth-order valence-electron chi connectivity index (χ4n) is 2.31. The van der Waals surface area contributed by atoms with Gasteiger partial charge >= 0.3 is 6.03 Å². The normalized spacial score (nSPS) is 11.8. The zero-order valence-corrected chi connectivity index (χ0v) is 13.5. The lowest BCUT2D eigenvalue weighted by Crippen LogP contribution is -2.51. The van der Waals surface area contributed by atoms with Gasteiger partial charge in [-0.15, -0.1) is 0 Å². The van der Waals surface area contributed by atoms with Crippen molar-refractivity contribution >= 4 is 6.03 Å². The van der Waals surface area contributed by atoms with Crippen LogP contribution in [0.5, 0.6) is 0 Å². The third kappa shape index (κ3) is 5.74. The Labute approximate surface area is 114 Å². The molecule has 18 heavy (non-hydrogen) atoms. The molecule has 0 spiro atoms. The standard InChI is InChI=1S/C15H32N2O/c1-11(2)9-16(10-12(3)4)15(18)17(13(5)6)14(7)8/h11-14H,9-10H2,1-8H3. The molecule has 0 bridgehead atoms. The first-order valence-electron chi connectivity index (χ1n) is 7.24. The Balaban J connectivity index is 4.90. The molecule has 0 aliphatic rings. The minimum atomic E-state index is 0.183. The number of nitrogens with zero attached hydrogens (tertiary/aromatic N) is 2. The third-order valence-corrected chi connectivity index (χ3v) is 2.78. The maximum absolute atomic E-state index is 12.6. The van der Waals surface area contributed by atoms with Crippen molar-refractivity contribution in [1.82, 2.24) is 9.80 Å². The van der Waals surface area contributed by atoms with Gasteiger partial charge in [0.1, 0.15) is 0 Å². The molecule has 0 unspecified atom stereocenters. The second-order valence-corrected chi connectivity index (χ2v) is 6.57. The van der Waals surface area contributed by atoms with Crippen LogP contribution in [0.4, 0.5) is 4.79 Å². The summed E-state index contributed by atoms with van der Waals surface area (Å²) in [6.45, 7) is 18.7. The third-order valence-electron chi connectivity index (χ3n) is 2.78. The molecule has 0 radical (unpaired) electrons. The fourth-order valence-corrected chi connectivity index (χ4v) is 2.31. The lowest BCUT2D eigenvalue weighted by molar-refractivity contribution is 0.115. The van der Waals surface area contributed by atoms with Crippen LogP contribution in [0.2, 0.25) is 0 Å². The van der Waals surface area contributed by atoms with E-state index < -0.39 is 0 Å². The van der Waals surface area contributed by atoms with Gasteiger partial charge in [-0.05, 0) is 39.5 Å². The van der Waals surface area contributed by atoms with E-state index in [1.165, 1.54) is 0 Å². The van der Waals surface area contributed by atoms with Crippen LogP contribution in [-0.4, -0.2) is 41.0 Å². The smallest absolute Gasteiger partial charge is 0.320 e. The highest BCUT2D eigenvalue weighted by molar-refractivity contribution is 5.75. The predicted molar refractivity (Wildman–Crippen MR) is 78.8 cm³/mol. The SMILES string of the molecule is CC(C)CN(CC(C)C)C(=O)N(C(C)C)C(C)C. The lowest BCUT2D eigenvalue weighted by atomic mass is 10.1. The molecule has 0 heterocycles. The van der Waals surface area contributed by atoms with E-state index in [0.29, 0.717) is 11.8 Å². The lowest BCUT2D eigenvalue weighted by Gasteiger charge is -2.37. The van der Waals surface area contributed by atoms with Gasteiger partial charge in [0.15, 0.2) is 0 Å². The number of urea groups is 1. The molecule has 3 heteroatoms. The summed E-state index contributed by atoms with van der Waals surface area (Å²) in [6, 6.07) is 0.682. The Morgan fingerprint density at radius 3 is 1.33 bits per heavy atom. The van der Waals surface area contributed by atoms with Gasteiger partial charge in [-0.25, -0.2) is 4.79 Å². The molecular weight excluding hydrogens is 224 g/mol. The van der Waals surface area contributed by atoms with Crippen molar-refractivity contribution in [3.8, 4) is 0 Å². The number of rotatable bonds is 6. The zero-order chi connectivity index (χ0) is 14.5. The Hall–Kier alpha value is -0.730. The van der Waals surface area contributed by atoms with E-state index in [2.05, 4.69) is 55.4 Å². The van der Waals surface area contributed by atoms with E-state index in [4.69, 9.17) is 0 Å². The van der Waals surface area contributed by atoms with Crippen LogP contribution in [0.3, 0.4) is 0 Å². The highest BCUT2D eigenvalue weighted by atomic mass is 16.2. The summed E-state index contributed by atoms with van der Waals surface area (Å²) in [5.41, 5.74) is 0. The predicted octanol–water partition coefficient (Wildman–Crippen LogP) is 3.84. The summed E-state index contributed by atoms with van der Waals surface area (Å²) in [4.78, 5) is 16.6. The van der Waals surface area contributed by atoms with Crippen LogP contribution < -0.4 is 0 Å². The molecule has 0 aliphatic carbocycles. The Morgan fingerprint density at radius 2 is 1.11 bits per heavy atom. The van der Waals surface area contributed by atoms with Gasteiger partial charge in [0.2, 0.25) is 0 Å². The largest absolute Gasteiger partial charge is 0.324 e. The summed E-state index contributed by atoms with van der Waals surface area (Å²) in [5.74, 6) is 1.02. The Bertz CT molecular complexity index is 229. The summed E-state index contributed by atoms with van der Waals surface area (Å²) in [5, 5.41) is 0. The minimum absolute atomic E-state index is 0.183. The molecule has 0 rings (SSSR count). The van der Waals surface area contributed by atoms with Crippen LogP contribution in [0.1, 0.15) is 55.4 Å². The monoisotopic (exact) mass is 256 g/mol. The number of carbonyl (C=O) groups is 1. The van der Waals surface area contributed by atoms with Gasteiger partial charge in [0.25, 0.3) is 0 Å². The van der Waals surface area contributed by atoms with Crippen molar-refractivity contribution in [3.05, 3.63) is 0 Å². The zero-order valence-electron chi connectivity index (χ0n) is 13.5. The average Bonchev–Trinajstić information content (AvgIpc) is 2.13. The van der Waals surface area contributed by atoms with E-state index >= 15 is 0 Å². The van der Waals surface area contributed by atoms with Crippen LogP contribution in [0.25, 0.3) is 0 Å². The van der Waals surface area contributed by atoms with Gasteiger partial charge in [-0.3, -0.25) is 0 Å². The highest BCUT2D eigenvalue weighted by Gasteiger charge is 2.26. The Morgan fingerprint density at radius 1 is 0.778 bits per heavy atom. The first-order valence-corrected chi connectivity index (χ1v) is 7.24. The molecule has 0 N–H and O–H groups in total. The number of carbonyl (C=O) groups excluding carboxylic acids is 1. The van der Waals surface area contributed by atoms with Crippen molar-refractivity contribution in [1.29, 1.82) is 0 Å². The molecule has 0 aromatic rings. The van der Waals surface area contributed by atoms with Crippen molar-refractivity contribution in [2.45, 2.75) is 67.5 Å². The van der Waals surface area contributed by atoms with Crippen molar-refractivity contribution in [2.75, 3.05) is 13.1 Å². The molecule has 3 nitrogen and oxygen atoms in total. The molecule has 0 saturated heterocycles. The first kappa shape index (κ1) is 17.3. The maximum Gasteiger partial charge on any atom is 0.320 e. The summed E-state index contributed by atoms with van der Waals surface area (Å²) in [7, 11) is 0. The van der Waals surface area contributed by atoms with E-state index in [-0.39, 0.29) is 18.1 Å². The maximum atomic E-state index is 12.6. The van der Waals surface area contributed by atoms with Gasteiger partial charge < -0.3 is 9.80 Å². The molecule has 0 atom stereocenters. The molecule has 0 saturated carbocycles. The van der Waals surface area contributed by atoms with Crippen LogP contribution >= 0.6 is 0 Å². The average molecular weight is 256 g/mol. The summed E-state index contributed by atoms with van der Waals surface area (Å²) < 4.78 is 0. The molecule has 0 aliphatic heterocycles. The number of hydrogen-bond donors (Lipinski definition) is 0. The van der Waals surface area contributed by atoms with E-state index in [1.807, 2.05) is 9.80 Å². The van der Waals surface area contributed by atoms with Crippen molar-refractivity contribution in [3.63, 3.8) is 0 Å². The van der Waals surface area contributed by atoms with Crippen LogP contribution in [0, 0.1) is 11.8 Å². The molecule has 108 valence electrons. The molecule has 0 aromatic carbocycles. The minimum Gasteiger partial charge on any atom is -0.324 e. The second kappa shape index (κ2) is 7.65. The molecule has 0 aromatic heterocycles. The second-order valence-electron chi connectivity index (χ2n) is 6.57. The fraction of sp³-hybridized carbons (Fsp3) is 0.933. The topological polar surface area (TPSA) is 23.6 Å². The van der Waals surface area contributed by atoms with Gasteiger partial charge in [0, 0.05) is 25.2 Å². The number of hydrogen-bond acceptors (Lipinski definition) is 1. The van der Waals surface area contributed by atoms with E-state index in [9.17, 15) is 4.79 Å². The van der Waals surface area contributed by atoms with E-state index in [0.717, 1.165) is 13.1 Å². The molecule has 0 fully saturated rings. The van der Waals surface area contributed by atoms with Crippen LogP contribution in [0.15, 0.2) is 0 Å². The van der Waals surface area contributed by atoms with Gasteiger partial charge in [-0.2, -0.15) is 0 Å². The van der Waals surface area contributed by atoms with Crippen molar-refractivity contribution in [2.24, 2.45) is 11.8 Å². The van der Waals surface area contributed by atoms with Gasteiger partial charge in [-0.1, -0.05) is 27.7 Å². The quantitative estimate of drug-likeness (QED) is 0.708. The van der Waals surface area contributed by atoms with E-state index in [1.54, 1.807) is 0 Å². The van der Waals surface area contributed by atoms with Crippen LogP contribution in [-0.2, 0) is 0 Å². The first-order chi connectivity index (χ1) is 8.16. The summed E-state index contributed by atoms with van der Waals surface area (Å²) >= 11 is 0.